The van der Waals surface area contributed by atoms with Crippen LogP contribution in [0, 0.1) is 6.92 Å². The van der Waals surface area contributed by atoms with E-state index in [-0.39, 0.29) is 5.91 Å². The van der Waals surface area contributed by atoms with Crippen molar-refractivity contribution < 1.29 is 13.9 Å². The predicted molar refractivity (Wildman–Crippen MR) is 125 cm³/mol. The van der Waals surface area contributed by atoms with Gasteiger partial charge in [-0.2, -0.15) is 0 Å². The van der Waals surface area contributed by atoms with Gasteiger partial charge in [-0.3, -0.25) is 4.79 Å². The summed E-state index contributed by atoms with van der Waals surface area (Å²) in [6, 6.07) is 7.17. The number of halogens is 2. The van der Waals surface area contributed by atoms with Crippen molar-refractivity contribution in [3.8, 4) is 17.1 Å². The SMILES string of the molecule is COc1cc(C(=O)N2CCC(F)CC2)ccc1Nc1ncc2c(n1)-c1c(C)cc(Cl)n1CC2. The van der Waals surface area contributed by atoms with Crippen LogP contribution in [0.2, 0.25) is 5.15 Å². The van der Waals surface area contributed by atoms with Crippen molar-refractivity contribution in [2.24, 2.45) is 0 Å². The smallest absolute Gasteiger partial charge is 0.253 e. The number of likely N-dealkylation sites (tertiary alicyclic amines) is 1. The summed E-state index contributed by atoms with van der Waals surface area (Å²) in [5, 5.41) is 3.93. The number of ether oxygens (including phenoxy) is 1. The standard InChI is InChI=1S/C24H25ClFN5O2/c1-14-11-20(25)31-10-5-16-13-27-24(29-21(16)22(14)31)28-18-4-3-15(12-19(18)33-2)23(32)30-8-6-17(26)7-9-30/h3-4,11-13,17H,5-10H2,1-2H3,(H,27,28,29). The number of nitrogens with one attached hydrogen (secondary N) is 1. The van der Waals surface area contributed by atoms with E-state index in [4.69, 9.17) is 21.3 Å². The molecule has 4 heterocycles. The highest BCUT2D eigenvalue weighted by Gasteiger charge is 2.25. The first kappa shape index (κ1) is 21.7. The minimum atomic E-state index is -0.825. The average Bonchev–Trinajstić information content (AvgIpc) is 3.13. The molecule has 0 bridgehead atoms. The van der Waals surface area contributed by atoms with Crippen LogP contribution in [0.5, 0.6) is 5.75 Å². The van der Waals surface area contributed by atoms with Crippen LogP contribution in [-0.2, 0) is 13.0 Å². The Morgan fingerprint density at radius 2 is 2.03 bits per heavy atom. The zero-order valence-electron chi connectivity index (χ0n) is 18.6. The summed E-state index contributed by atoms with van der Waals surface area (Å²) in [6.45, 7) is 3.68. The van der Waals surface area contributed by atoms with Gasteiger partial charge in [0.1, 0.15) is 17.1 Å². The zero-order valence-corrected chi connectivity index (χ0v) is 19.3. The molecule has 1 amide bonds. The number of aryl methyl sites for hydroxylation is 2. The number of nitrogens with zero attached hydrogens (tertiary/aromatic N) is 4. The molecule has 2 aliphatic rings. The fraction of sp³-hybridized carbons (Fsp3) is 0.375. The molecule has 2 aliphatic heterocycles. The van der Waals surface area contributed by atoms with Crippen LogP contribution in [0.3, 0.4) is 0 Å². The number of hydrogen-bond acceptors (Lipinski definition) is 5. The first-order valence-corrected chi connectivity index (χ1v) is 11.4. The van der Waals surface area contributed by atoms with Gasteiger partial charge in [0, 0.05) is 37.0 Å². The Hall–Kier alpha value is -3.13. The van der Waals surface area contributed by atoms with Gasteiger partial charge in [0.15, 0.2) is 0 Å². The minimum absolute atomic E-state index is 0.120. The molecule has 1 N–H and O–H groups in total. The average molecular weight is 470 g/mol. The summed E-state index contributed by atoms with van der Waals surface area (Å²) >= 11 is 6.38. The third kappa shape index (κ3) is 4.04. The predicted octanol–water partition coefficient (Wildman–Crippen LogP) is 4.79. The summed E-state index contributed by atoms with van der Waals surface area (Å²) < 4.78 is 21.0. The maximum absolute atomic E-state index is 13.4. The molecule has 3 aromatic rings. The lowest BCUT2D eigenvalue weighted by atomic mass is 10.0. The lowest BCUT2D eigenvalue weighted by Gasteiger charge is -2.28. The topological polar surface area (TPSA) is 72.3 Å². The number of carbonyl (C=O) groups excluding carboxylic acids is 1. The number of carbonyl (C=O) groups is 1. The maximum Gasteiger partial charge on any atom is 0.253 e. The van der Waals surface area contributed by atoms with E-state index < -0.39 is 6.17 Å². The maximum atomic E-state index is 13.4. The molecule has 0 aliphatic carbocycles. The van der Waals surface area contributed by atoms with Gasteiger partial charge < -0.3 is 19.5 Å². The van der Waals surface area contributed by atoms with Gasteiger partial charge in [-0.05, 0) is 56.0 Å². The number of aromatic nitrogens is 3. The third-order valence-corrected chi connectivity index (χ3v) is 6.65. The molecule has 7 nitrogen and oxygen atoms in total. The highest BCUT2D eigenvalue weighted by atomic mass is 35.5. The van der Waals surface area contributed by atoms with Gasteiger partial charge in [-0.1, -0.05) is 11.6 Å². The molecule has 33 heavy (non-hydrogen) atoms. The van der Waals surface area contributed by atoms with Crippen molar-refractivity contribution in [2.45, 2.75) is 38.9 Å². The van der Waals surface area contributed by atoms with Crippen molar-refractivity contribution in [2.75, 3.05) is 25.5 Å². The second kappa shape index (κ2) is 8.67. The Bertz CT molecular complexity index is 1220. The Morgan fingerprint density at radius 3 is 2.79 bits per heavy atom. The molecule has 0 spiro atoms. The second-order valence-corrected chi connectivity index (χ2v) is 8.86. The first-order valence-electron chi connectivity index (χ1n) is 11.0. The van der Waals surface area contributed by atoms with E-state index in [1.807, 2.05) is 19.2 Å². The molecule has 0 unspecified atom stereocenters. The third-order valence-electron chi connectivity index (χ3n) is 6.34. The van der Waals surface area contributed by atoms with E-state index in [2.05, 4.69) is 14.9 Å². The molecule has 0 radical (unpaired) electrons. The molecule has 1 fully saturated rings. The summed E-state index contributed by atoms with van der Waals surface area (Å²) in [5.74, 6) is 0.816. The van der Waals surface area contributed by atoms with E-state index >= 15 is 0 Å². The summed E-state index contributed by atoms with van der Waals surface area (Å²) in [6.07, 6.45) is 2.59. The van der Waals surface area contributed by atoms with E-state index in [0.29, 0.717) is 54.0 Å². The van der Waals surface area contributed by atoms with Gasteiger partial charge in [-0.15, -0.1) is 0 Å². The second-order valence-electron chi connectivity index (χ2n) is 8.47. The van der Waals surface area contributed by atoms with E-state index in [1.54, 1.807) is 30.2 Å². The minimum Gasteiger partial charge on any atom is -0.495 e. The molecule has 5 rings (SSSR count). The van der Waals surface area contributed by atoms with Crippen molar-refractivity contribution in [1.29, 1.82) is 0 Å². The van der Waals surface area contributed by atoms with Crippen LogP contribution in [0.25, 0.3) is 11.4 Å². The molecular formula is C24H25ClFN5O2. The van der Waals surface area contributed by atoms with Crippen LogP contribution in [0.1, 0.15) is 34.3 Å². The molecule has 0 saturated carbocycles. The Kier molecular flexibility index (Phi) is 5.70. The molecule has 9 heteroatoms. The van der Waals surface area contributed by atoms with Crippen LogP contribution < -0.4 is 10.1 Å². The largest absolute Gasteiger partial charge is 0.495 e. The number of alkyl halides is 1. The van der Waals surface area contributed by atoms with Crippen molar-refractivity contribution in [3.63, 3.8) is 0 Å². The lowest BCUT2D eigenvalue weighted by molar-refractivity contribution is 0.0666. The summed E-state index contributed by atoms with van der Waals surface area (Å²) in [5.41, 5.74) is 5.18. The fourth-order valence-corrected chi connectivity index (χ4v) is 4.88. The van der Waals surface area contributed by atoms with Gasteiger partial charge >= 0.3 is 0 Å². The lowest BCUT2D eigenvalue weighted by Crippen LogP contribution is -2.39. The fourth-order valence-electron chi connectivity index (χ4n) is 4.55. The number of amides is 1. The highest BCUT2D eigenvalue weighted by Crippen LogP contribution is 2.36. The quantitative estimate of drug-likeness (QED) is 0.594. The van der Waals surface area contributed by atoms with E-state index in [1.165, 1.54) is 0 Å². The summed E-state index contributed by atoms with van der Waals surface area (Å²) in [7, 11) is 1.55. The molecule has 0 atom stereocenters. The van der Waals surface area contributed by atoms with Gasteiger partial charge in [0.05, 0.1) is 24.2 Å². The molecular weight excluding hydrogens is 445 g/mol. The van der Waals surface area contributed by atoms with Crippen molar-refractivity contribution >= 4 is 29.1 Å². The normalized spacial score (nSPS) is 15.7. The molecule has 2 aromatic heterocycles. The Morgan fingerprint density at radius 1 is 1.24 bits per heavy atom. The van der Waals surface area contributed by atoms with Gasteiger partial charge in [0.25, 0.3) is 5.91 Å². The van der Waals surface area contributed by atoms with Gasteiger partial charge in [-0.25, -0.2) is 14.4 Å². The number of anilines is 2. The number of methoxy groups -OCH3 is 1. The molecule has 1 aromatic carbocycles. The van der Waals surface area contributed by atoms with Crippen LogP contribution >= 0.6 is 11.6 Å². The Balaban J connectivity index is 1.40. The van der Waals surface area contributed by atoms with Crippen LogP contribution in [-0.4, -0.2) is 51.7 Å². The summed E-state index contributed by atoms with van der Waals surface area (Å²) in [4.78, 5) is 23.8. The number of hydrogen-bond donors (Lipinski definition) is 1. The van der Waals surface area contributed by atoms with Crippen molar-refractivity contribution in [3.05, 3.63) is 52.3 Å². The first-order chi connectivity index (χ1) is 15.9. The highest BCUT2D eigenvalue weighted by molar-refractivity contribution is 6.30. The van der Waals surface area contributed by atoms with Crippen LogP contribution in [0.15, 0.2) is 30.5 Å². The number of fused-ring (bicyclic) bond motifs is 3. The molecule has 172 valence electrons. The number of rotatable bonds is 4. The van der Waals surface area contributed by atoms with E-state index in [0.717, 1.165) is 35.5 Å². The number of piperidine rings is 1. The number of benzene rings is 1. The monoisotopic (exact) mass is 469 g/mol. The molecule has 1 saturated heterocycles. The van der Waals surface area contributed by atoms with Crippen molar-refractivity contribution in [1.82, 2.24) is 19.4 Å². The van der Waals surface area contributed by atoms with Crippen LogP contribution in [0.4, 0.5) is 16.0 Å². The van der Waals surface area contributed by atoms with E-state index in [9.17, 15) is 9.18 Å². The Labute approximate surface area is 196 Å². The zero-order chi connectivity index (χ0) is 23.1. The van der Waals surface area contributed by atoms with Gasteiger partial charge in [0.2, 0.25) is 5.95 Å².